The van der Waals surface area contributed by atoms with E-state index in [1.807, 2.05) is 18.2 Å². The van der Waals surface area contributed by atoms with E-state index in [9.17, 15) is 0 Å². The number of nitrogens with one attached hydrogen (secondary N) is 1. The lowest BCUT2D eigenvalue weighted by atomic mass is 10.1. The van der Waals surface area contributed by atoms with Crippen molar-refractivity contribution in [1.29, 1.82) is 0 Å². The average molecular weight is 291 g/mol. The quantitative estimate of drug-likeness (QED) is 0.882. The molecular weight excluding hydrogens is 270 g/mol. The molecule has 2 rings (SSSR count). The highest BCUT2D eigenvalue weighted by atomic mass is 16.5. The van der Waals surface area contributed by atoms with E-state index in [4.69, 9.17) is 9.47 Å². The maximum Gasteiger partial charge on any atom is 0.213 e. The monoisotopic (exact) mass is 291 g/mol. The second-order valence-corrected chi connectivity index (χ2v) is 5.71. The van der Waals surface area contributed by atoms with Crippen molar-refractivity contribution in [2.75, 3.05) is 7.11 Å². The Labute approximate surface area is 124 Å². The summed E-state index contributed by atoms with van der Waals surface area (Å²) in [5, 5.41) is 7.17. The van der Waals surface area contributed by atoms with Crippen LogP contribution < -0.4 is 14.8 Å². The van der Waals surface area contributed by atoms with Crippen LogP contribution in [0.25, 0.3) is 0 Å². The minimum absolute atomic E-state index is 0.0218. The summed E-state index contributed by atoms with van der Waals surface area (Å²) in [6, 6.07) is 5.72. The first-order chi connectivity index (χ1) is 9.98. The van der Waals surface area contributed by atoms with Crippen LogP contribution in [0.5, 0.6) is 11.5 Å². The summed E-state index contributed by atoms with van der Waals surface area (Å²) in [5.74, 6) is 2.09. The first kappa shape index (κ1) is 15.3. The first-order valence-corrected chi connectivity index (χ1v) is 6.78. The fourth-order valence-electron chi connectivity index (χ4n) is 1.72. The standard InChI is InChI=1S/C15H21N3O3/c1-15(2,3)17-8-11-7-12(19-4)5-6-13(11)20-9-14-16-10-21-18-14/h5-7,10,17H,8-9H2,1-4H3. The molecule has 0 atom stereocenters. The zero-order valence-corrected chi connectivity index (χ0v) is 12.8. The van der Waals surface area contributed by atoms with E-state index < -0.39 is 0 Å². The van der Waals surface area contributed by atoms with E-state index in [1.165, 1.54) is 6.39 Å². The van der Waals surface area contributed by atoms with Gasteiger partial charge < -0.3 is 19.3 Å². The van der Waals surface area contributed by atoms with Crippen molar-refractivity contribution in [2.45, 2.75) is 39.5 Å². The molecule has 2 aromatic rings. The van der Waals surface area contributed by atoms with Crippen LogP contribution in [0.3, 0.4) is 0 Å². The average Bonchev–Trinajstić information content (AvgIpc) is 2.95. The molecule has 0 radical (unpaired) electrons. The molecule has 1 aromatic heterocycles. The van der Waals surface area contributed by atoms with Gasteiger partial charge in [0.05, 0.1) is 7.11 Å². The Morgan fingerprint density at radius 3 is 2.71 bits per heavy atom. The van der Waals surface area contributed by atoms with Crippen LogP contribution in [0, 0.1) is 0 Å². The van der Waals surface area contributed by atoms with Gasteiger partial charge in [0, 0.05) is 17.6 Å². The smallest absolute Gasteiger partial charge is 0.213 e. The lowest BCUT2D eigenvalue weighted by molar-refractivity contribution is 0.281. The normalized spacial score (nSPS) is 11.4. The molecule has 6 heteroatoms. The number of nitrogens with zero attached hydrogens (tertiary/aromatic N) is 2. The van der Waals surface area contributed by atoms with Crippen LogP contribution >= 0.6 is 0 Å². The number of ether oxygens (including phenoxy) is 2. The third-order valence-electron chi connectivity index (χ3n) is 2.84. The van der Waals surface area contributed by atoms with Gasteiger partial charge in [-0.15, -0.1) is 0 Å². The van der Waals surface area contributed by atoms with E-state index >= 15 is 0 Å². The van der Waals surface area contributed by atoms with Gasteiger partial charge in [-0.1, -0.05) is 5.16 Å². The number of hydrogen-bond acceptors (Lipinski definition) is 6. The lowest BCUT2D eigenvalue weighted by Gasteiger charge is -2.22. The van der Waals surface area contributed by atoms with E-state index in [0.29, 0.717) is 12.4 Å². The van der Waals surface area contributed by atoms with Gasteiger partial charge in [0.1, 0.15) is 11.5 Å². The summed E-state index contributed by atoms with van der Waals surface area (Å²) in [4.78, 5) is 3.94. The highest BCUT2D eigenvalue weighted by Crippen LogP contribution is 2.25. The Morgan fingerprint density at radius 1 is 1.29 bits per heavy atom. The van der Waals surface area contributed by atoms with Crippen LogP contribution in [0.1, 0.15) is 32.2 Å². The Morgan fingerprint density at radius 2 is 2.10 bits per heavy atom. The summed E-state index contributed by atoms with van der Waals surface area (Å²) in [6.45, 7) is 7.31. The van der Waals surface area contributed by atoms with Gasteiger partial charge in [-0.3, -0.25) is 0 Å². The van der Waals surface area contributed by atoms with Crippen LogP contribution in [0.15, 0.2) is 29.1 Å². The molecule has 1 heterocycles. The summed E-state index contributed by atoms with van der Waals surface area (Å²) in [7, 11) is 1.65. The van der Waals surface area contributed by atoms with Crippen LogP contribution in [-0.2, 0) is 13.2 Å². The topological polar surface area (TPSA) is 69.4 Å². The molecule has 0 saturated heterocycles. The van der Waals surface area contributed by atoms with E-state index in [2.05, 4.69) is 40.8 Å². The number of methoxy groups -OCH3 is 1. The second kappa shape index (κ2) is 6.58. The van der Waals surface area contributed by atoms with Crippen molar-refractivity contribution in [3.63, 3.8) is 0 Å². The molecule has 21 heavy (non-hydrogen) atoms. The van der Waals surface area contributed by atoms with Crippen molar-refractivity contribution in [2.24, 2.45) is 0 Å². The molecule has 6 nitrogen and oxygen atoms in total. The minimum Gasteiger partial charge on any atom is -0.497 e. The molecule has 0 aliphatic rings. The van der Waals surface area contributed by atoms with E-state index in [0.717, 1.165) is 17.1 Å². The molecule has 0 saturated carbocycles. The summed E-state index contributed by atoms with van der Waals surface area (Å²) in [5.41, 5.74) is 1.04. The summed E-state index contributed by atoms with van der Waals surface area (Å²) < 4.78 is 15.7. The predicted molar refractivity (Wildman–Crippen MR) is 78.2 cm³/mol. The van der Waals surface area contributed by atoms with Gasteiger partial charge in [-0.05, 0) is 39.0 Å². The van der Waals surface area contributed by atoms with Gasteiger partial charge >= 0.3 is 0 Å². The highest BCUT2D eigenvalue weighted by Gasteiger charge is 2.12. The molecule has 114 valence electrons. The second-order valence-electron chi connectivity index (χ2n) is 5.71. The Hall–Kier alpha value is -2.08. The molecular formula is C15H21N3O3. The first-order valence-electron chi connectivity index (χ1n) is 6.78. The number of benzene rings is 1. The van der Waals surface area contributed by atoms with E-state index in [-0.39, 0.29) is 12.1 Å². The van der Waals surface area contributed by atoms with Gasteiger partial charge in [0.15, 0.2) is 6.61 Å². The van der Waals surface area contributed by atoms with Gasteiger partial charge in [-0.25, -0.2) is 0 Å². The number of rotatable bonds is 6. The van der Waals surface area contributed by atoms with Crippen molar-refractivity contribution in [1.82, 2.24) is 15.5 Å². The molecule has 0 aliphatic carbocycles. The molecule has 1 N–H and O–H groups in total. The molecule has 0 aliphatic heterocycles. The van der Waals surface area contributed by atoms with Crippen LogP contribution in [-0.4, -0.2) is 22.8 Å². The van der Waals surface area contributed by atoms with Crippen LogP contribution in [0.4, 0.5) is 0 Å². The van der Waals surface area contributed by atoms with Gasteiger partial charge in [-0.2, -0.15) is 4.98 Å². The zero-order valence-electron chi connectivity index (χ0n) is 12.8. The third-order valence-corrected chi connectivity index (χ3v) is 2.84. The van der Waals surface area contributed by atoms with Gasteiger partial charge in [0.2, 0.25) is 12.2 Å². The van der Waals surface area contributed by atoms with E-state index in [1.54, 1.807) is 7.11 Å². The third kappa shape index (κ3) is 4.75. The molecule has 0 spiro atoms. The fourth-order valence-corrected chi connectivity index (χ4v) is 1.72. The number of aromatic nitrogens is 2. The van der Waals surface area contributed by atoms with Crippen molar-refractivity contribution >= 4 is 0 Å². The predicted octanol–water partition coefficient (Wildman–Crippen LogP) is 2.55. The zero-order chi connectivity index (χ0) is 15.3. The molecule has 0 amide bonds. The molecule has 0 bridgehead atoms. The molecule has 1 aromatic carbocycles. The fraction of sp³-hybridized carbons (Fsp3) is 0.467. The minimum atomic E-state index is 0.0218. The molecule has 0 unspecified atom stereocenters. The summed E-state index contributed by atoms with van der Waals surface area (Å²) in [6.07, 6.45) is 1.29. The Kier molecular flexibility index (Phi) is 4.80. The van der Waals surface area contributed by atoms with Crippen LogP contribution in [0.2, 0.25) is 0 Å². The highest BCUT2D eigenvalue weighted by molar-refractivity contribution is 5.40. The SMILES string of the molecule is COc1ccc(OCc2ncon2)c(CNC(C)(C)C)c1. The maximum absolute atomic E-state index is 5.77. The Bertz CT molecular complexity index is 562. The van der Waals surface area contributed by atoms with Crippen molar-refractivity contribution in [3.8, 4) is 11.5 Å². The maximum atomic E-state index is 5.77. The van der Waals surface area contributed by atoms with Crippen molar-refractivity contribution in [3.05, 3.63) is 36.0 Å². The van der Waals surface area contributed by atoms with Gasteiger partial charge in [0.25, 0.3) is 0 Å². The largest absolute Gasteiger partial charge is 0.497 e. The lowest BCUT2D eigenvalue weighted by Crippen LogP contribution is -2.35. The van der Waals surface area contributed by atoms with Crippen molar-refractivity contribution < 1.29 is 14.0 Å². The summed E-state index contributed by atoms with van der Waals surface area (Å²) >= 11 is 0. The Balaban J connectivity index is 2.10. The number of hydrogen-bond donors (Lipinski definition) is 1. The molecule has 0 fully saturated rings.